The number of aromatic nitrogens is 1. The van der Waals surface area contributed by atoms with Gasteiger partial charge in [0.1, 0.15) is 0 Å². The van der Waals surface area contributed by atoms with Gasteiger partial charge in [-0.15, -0.1) is 22.9 Å². The van der Waals surface area contributed by atoms with E-state index in [1.807, 2.05) is 11.7 Å². The van der Waals surface area contributed by atoms with Crippen molar-refractivity contribution in [3.05, 3.63) is 16.6 Å². The molecule has 1 saturated heterocycles. The second kappa shape index (κ2) is 5.28. The zero-order valence-corrected chi connectivity index (χ0v) is 10.6. The molecule has 1 aromatic rings. The van der Waals surface area contributed by atoms with Gasteiger partial charge in [-0.25, -0.2) is 0 Å². The van der Waals surface area contributed by atoms with Crippen molar-refractivity contribution in [2.45, 2.75) is 31.7 Å². The minimum atomic E-state index is 0.329. The predicted octanol–water partition coefficient (Wildman–Crippen LogP) is 2.98. The summed E-state index contributed by atoms with van der Waals surface area (Å²) in [5.74, 6) is 0.712. The first-order valence-electron chi connectivity index (χ1n) is 5.49. The molecule has 1 atom stereocenters. The van der Waals surface area contributed by atoms with Crippen LogP contribution < -0.4 is 0 Å². The molecular formula is C11H17ClN2S. The maximum atomic E-state index is 6.12. The number of likely N-dealkylation sites (tertiary alicyclic amines) is 1. The largest absolute Gasteiger partial charge is 0.298 e. The summed E-state index contributed by atoms with van der Waals surface area (Å²) in [5.41, 5.74) is 1.91. The Morgan fingerprint density at radius 2 is 2.33 bits per heavy atom. The fourth-order valence-corrected chi connectivity index (χ4v) is 3.00. The summed E-state index contributed by atoms with van der Waals surface area (Å²) in [6.07, 6.45) is 4.45. The van der Waals surface area contributed by atoms with Gasteiger partial charge in [-0.2, -0.15) is 0 Å². The maximum Gasteiger partial charge on any atom is 0.0794 e. The van der Waals surface area contributed by atoms with Crippen molar-refractivity contribution in [1.29, 1.82) is 0 Å². The van der Waals surface area contributed by atoms with Crippen LogP contribution in [-0.2, 0) is 6.54 Å². The van der Waals surface area contributed by atoms with Crippen LogP contribution in [0.2, 0.25) is 0 Å². The summed E-state index contributed by atoms with van der Waals surface area (Å²) in [6, 6.07) is 0. The average molecular weight is 245 g/mol. The van der Waals surface area contributed by atoms with Crippen LogP contribution in [0.25, 0.3) is 0 Å². The molecule has 1 unspecified atom stereocenters. The van der Waals surface area contributed by atoms with Crippen LogP contribution in [0.3, 0.4) is 0 Å². The van der Waals surface area contributed by atoms with Crippen LogP contribution in [0, 0.1) is 5.92 Å². The first kappa shape index (κ1) is 11.4. The number of halogens is 1. The third kappa shape index (κ3) is 3.16. The number of nitrogens with zero attached hydrogens (tertiary/aromatic N) is 2. The molecule has 2 nitrogen and oxygen atoms in total. The SMILES string of the molecule is CC(Cl)C1CCN(Cc2cncs2)CC1. The molecule has 0 amide bonds. The molecule has 0 aliphatic carbocycles. The molecule has 0 spiro atoms. The Hall–Kier alpha value is -0.120. The normalized spacial score (nSPS) is 21.7. The van der Waals surface area contributed by atoms with Crippen molar-refractivity contribution in [3.8, 4) is 0 Å². The number of rotatable bonds is 3. The Morgan fingerprint density at radius 3 is 2.87 bits per heavy atom. The number of piperidine rings is 1. The Kier molecular flexibility index (Phi) is 4.00. The lowest BCUT2D eigenvalue weighted by molar-refractivity contribution is 0.178. The van der Waals surface area contributed by atoms with Crippen molar-refractivity contribution < 1.29 is 0 Å². The van der Waals surface area contributed by atoms with Crippen LogP contribution in [0.5, 0.6) is 0 Å². The van der Waals surface area contributed by atoms with Gasteiger partial charge in [0, 0.05) is 23.0 Å². The molecule has 4 heteroatoms. The maximum absolute atomic E-state index is 6.12. The van der Waals surface area contributed by atoms with Gasteiger partial charge in [0.25, 0.3) is 0 Å². The summed E-state index contributed by atoms with van der Waals surface area (Å²) in [6.45, 7) is 5.54. The van der Waals surface area contributed by atoms with Crippen molar-refractivity contribution in [1.82, 2.24) is 9.88 Å². The van der Waals surface area contributed by atoms with Crippen LogP contribution in [0.1, 0.15) is 24.6 Å². The third-order valence-corrected chi connectivity index (χ3v) is 4.27. The van der Waals surface area contributed by atoms with Crippen LogP contribution in [0.15, 0.2) is 11.7 Å². The highest BCUT2D eigenvalue weighted by Gasteiger charge is 2.22. The highest BCUT2D eigenvalue weighted by atomic mass is 35.5. The van der Waals surface area contributed by atoms with Crippen LogP contribution >= 0.6 is 22.9 Å². The van der Waals surface area contributed by atoms with Gasteiger partial charge >= 0.3 is 0 Å². The molecule has 1 fully saturated rings. The van der Waals surface area contributed by atoms with Crippen molar-refractivity contribution in [2.24, 2.45) is 5.92 Å². The van der Waals surface area contributed by atoms with Crippen LogP contribution in [-0.4, -0.2) is 28.4 Å². The number of thiazole rings is 1. The second-order valence-corrected chi connectivity index (χ2v) is 5.92. The molecule has 2 heterocycles. The molecule has 15 heavy (non-hydrogen) atoms. The Balaban J connectivity index is 1.79. The molecule has 1 aliphatic heterocycles. The van der Waals surface area contributed by atoms with E-state index < -0.39 is 0 Å². The van der Waals surface area contributed by atoms with Gasteiger partial charge in [-0.3, -0.25) is 9.88 Å². The van der Waals surface area contributed by atoms with Gasteiger partial charge in [0.2, 0.25) is 0 Å². The average Bonchev–Trinajstić information content (AvgIpc) is 2.71. The number of alkyl halides is 1. The van der Waals surface area contributed by atoms with E-state index in [4.69, 9.17) is 11.6 Å². The lowest BCUT2D eigenvalue weighted by Crippen LogP contribution is -2.35. The molecule has 0 bridgehead atoms. The van der Waals surface area contributed by atoms with E-state index in [0.717, 1.165) is 6.54 Å². The third-order valence-electron chi connectivity index (χ3n) is 3.14. The van der Waals surface area contributed by atoms with Gasteiger partial charge in [0.05, 0.1) is 5.51 Å². The van der Waals surface area contributed by atoms with Crippen LogP contribution in [0.4, 0.5) is 0 Å². The van der Waals surface area contributed by atoms with E-state index >= 15 is 0 Å². The zero-order valence-electron chi connectivity index (χ0n) is 9.03. The monoisotopic (exact) mass is 244 g/mol. The minimum absolute atomic E-state index is 0.329. The Morgan fingerprint density at radius 1 is 1.60 bits per heavy atom. The summed E-state index contributed by atoms with van der Waals surface area (Å²) in [7, 11) is 0. The summed E-state index contributed by atoms with van der Waals surface area (Å²) < 4.78 is 0. The van der Waals surface area contributed by atoms with Gasteiger partial charge < -0.3 is 0 Å². The molecule has 84 valence electrons. The van der Waals surface area contributed by atoms with E-state index in [2.05, 4.69) is 16.8 Å². The standard InChI is InChI=1S/C11H17ClN2S/c1-9(12)10-2-4-14(5-3-10)7-11-6-13-8-15-11/h6,8-10H,2-5,7H2,1H3. The van der Waals surface area contributed by atoms with Gasteiger partial charge in [-0.05, 0) is 38.8 Å². The Labute approximate surface area is 100 Å². The molecule has 0 radical (unpaired) electrons. The van der Waals surface area contributed by atoms with E-state index in [9.17, 15) is 0 Å². The lowest BCUT2D eigenvalue weighted by atomic mass is 9.94. The second-order valence-electron chi connectivity index (χ2n) is 4.26. The summed E-state index contributed by atoms with van der Waals surface area (Å²) in [4.78, 5) is 7.97. The van der Waals surface area contributed by atoms with Crippen molar-refractivity contribution in [3.63, 3.8) is 0 Å². The first-order valence-corrected chi connectivity index (χ1v) is 6.81. The lowest BCUT2D eigenvalue weighted by Gasteiger charge is -2.32. The summed E-state index contributed by atoms with van der Waals surface area (Å²) >= 11 is 7.87. The smallest absolute Gasteiger partial charge is 0.0794 e. The first-order chi connectivity index (χ1) is 7.25. The topological polar surface area (TPSA) is 16.1 Å². The van der Waals surface area contributed by atoms with E-state index in [1.165, 1.54) is 30.8 Å². The molecular weight excluding hydrogens is 228 g/mol. The molecule has 0 saturated carbocycles. The highest BCUT2D eigenvalue weighted by molar-refractivity contribution is 7.09. The zero-order chi connectivity index (χ0) is 10.7. The fourth-order valence-electron chi connectivity index (χ4n) is 2.11. The van der Waals surface area contributed by atoms with Crippen molar-refractivity contribution in [2.75, 3.05) is 13.1 Å². The molecule has 2 rings (SSSR count). The number of hydrogen-bond donors (Lipinski definition) is 0. The molecule has 0 aromatic carbocycles. The molecule has 0 N–H and O–H groups in total. The van der Waals surface area contributed by atoms with Crippen molar-refractivity contribution >= 4 is 22.9 Å². The Bertz CT molecular complexity index is 279. The van der Waals surface area contributed by atoms with E-state index in [1.54, 1.807) is 11.3 Å². The predicted molar refractivity (Wildman–Crippen MR) is 65.4 cm³/mol. The van der Waals surface area contributed by atoms with E-state index in [0.29, 0.717) is 11.3 Å². The molecule has 1 aliphatic rings. The minimum Gasteiger partial charge on any atom is -0.298 e. The van der Waals surface area contributed by atoms with E-state index in [-0.39, 0.29) is 0 Å². The quantitative estimate of drug-likeness (QED) is 0.760. The highest BCUT2D eigenvalue weighted by Crippen LogP contribution is 2.25. The summed E-state index contributed by atoms with van der Waals surface area (Å²) in [5, 5.41) is 0.329. The fraction of sp³-hybridized carbons (Fsp3) is 0.727. The number of hydrogen-bond acceptors (Lipinski definition) is 3. The van der Waals surface area contributed by atoms with Gasteiger partial charge in [-0.1, -0.05) is 0 Å². The van der Waals surface area contributed by atoms with Gasteiger partial charge in [0.15, 0.2) is 0 Å². The molecule has 1 aromatic heterocycles.